The summed E-state index contributed by atoms with van der Waals surface area (Å²) < 4.78 is 4.96. The van der Waals surface area contributed by atoms with Gasteiger partial charge < -0.3 is 14.9 Å². The number of carbonyl (C=O) groups excluding carboxylic acids is 1. The van der Waals surface area contributed by atoms with Gasteiger partial charge in [0, 0.05) is 16.7 Å². The number of allylic oxidation sites excluding steroid dienone is 2. The first kappa shape index (κ1) is 29.4. The Bertz CT molecular complexity index is 581. The molecule has 0 rings (SSSR count). The SMILES string of the molecule is C=C(C)C(=O)OC(C)(C)C.CC(=CC(C)(C)C)C(=O)O.CC=C(C)C(=O)O. The molecule has 0 fully saturated rings. The van der Waals surface area contributed by atoms with Gasteiger partial charge in [0.2, 0.25) is 0 Å². The molecular weight excluding hydrogens is 348 g/mol. The van der Waals surface area contributed by atoms with Gasteiger partial charge in [-0.25, -0.2) is 14.4 Å². The third kappa shape index (κ3) is 23.6. The van der Waals surface area contributed by atoms with Gasteiger partial charge in [-0.3, -0.25) is 0 Å². The molecule has 2 N–H and O–H groups in total. The van der Waals surface area contributed by atoms with Crippen molar-refractivity contribution in [2.75, 3.05) is 0 Å². The maximum atomic E-state index is 10.8. The summed E-state index contributed by atoms with van der Waals surface area (Å²) in [6.45, 7) is 21.4. The lowest BCUT2D eigenvalue weighted by molar-refractivity contribution is -0.149. The smallest absolute Gasteiger partial charge is 0.333 e. The normalized spacial score (nSPS) is 11.9. The molecule has 27 heavy (non-hydrogen) atoms. The van der Waals surface area contributed by atoms with Gasteiger partial charge in [0.1, 0.15) is 5.60 Å². The van der Waals surface area contributed by atoms with Gasteiger partial charge in [-0.1, -0.05) is 39.5 Å². The van der Waals surface area contributed by atoms with Crippen molar-refractivity contribution in [1.29, 1.82) is 0 Å². The van der Waals surface area contributed by atoms with Crippen molar-refractivity contribution in [2.45, 2.75) is 74.8 Å². The van der Waals surface area contributed by atoms with E-state index in [0.29, 0.717) is 16.7 Å². The van der Waals surface area contributed by atoms with Crippen LogP contribution in [0.25, 0.3) is 0 Å². The Morgan fingerprint density at radius 1 is 0.852 bits per heavy atom. The molecule has 6 heteroatoms. The molecule has 0 amide bonds. The van der Waals surface area contributed by atoms with Gasteiger partial charge in [0.05, 0.1) is 0 Å². The van der Waals surface area contributed by atoms with E-state index in [-0.39, 0.29) is 11.4 Å². The summed E-state index contributed by atoms with van der Waals surface area (Å²) in [5.41, 5.74) is 0.792. The zero-order valence-electron chi connectivity index (χ0n) is 18.4. The number of hydrogen-bond donors (Lipinski definition) is 2. The van der Waals surface area contributed by atoms with Gasteiger partial charge in [-0.05, 0) is 53.9 Å². The predicted octanol–water partition coefficient (Wildman–Crippen LogP) is 5.00. The van der Waals surface area contributed by atoms with Crippen LogP contribution < -0.4 is 0 Å². The molecule has 0 aliphatic heterocycles. The lowest BCUT2D eigenvalue weighted by atomic mass is 9.94. The Morgan fingerprint density at radius 2 is 1.22 bits per heavy atom. The number of esters is 1. The van der Waals surface area contributed by atoms with Crippen LogP contribution in [-0.2, 0) is 19.1 Å². The number of hydrogen-bond acceptors (Lipinski definition) is 4. The van der Waals surface area contributed by atoms with Crippen LogP contribution in [0.2, 0.25) is 0 Å². The summed E-state index contributed by atoms with van der Waals surface area (Å²) in [6, 6.07) is 0. The van der Waals surface area contributed by atoms with E-state index in [2.05, 4.69) is 6.58 Å². The van der Waals surface area contributed by atoms with Gasteiger partial charge in [-0.2, -0.15) is 0 Å². The van der Waals surface area contributed by atoms with E-state index in [0.717, 1.165) is 0 Å². The van der Waals surface area contributed by atoms with Crippen LogP contribution in [-0.4, -0.2) is 33.7 Å². The summed E-state index contributed by atoms with van der Waals surface area (Å²) >= 11 is 0. The summed E-state index contributed by atoms with van der Waals surface area (Å²) in [5, 5.41) is 16.6. The summed E-state index contributed by atoms with van der Waals surface area (Å²) in [4.78, 5) is 31.0. The molecule has 156 valence electrons. The average Bonchev–Trinajstić information content (AvgIpc) is 2.43. The number of carbonyl (C=O) groups is 3. The molecule has 0 radical (unpaired) electrons. The maximum absolute atomic E-state index is 10.8. The second kappa shape index (κ2) is 12.9. The highest BCUT2D eigenvalue weighted by Crippen LogP contribution is 2.17. The Morgan fingerprint density at radius 3 is 1.30 bits per heavy atom. The summed E-state index contributed by atoms with van der Waals surface area (Å²) in [7, 11) is 0. The van der Waals surface area contributed by atoms with Crippen molar-refractivity contribution in [2.24, 2.45) is 5.41 Å². The quantitative estimate of drug-likeness (QED) is 0.524. The molecule has 0 spiro atoms. The van der Waals surface area contributed by atoms with E-state index in [4.69, 9.17) is 14.9 Å². The number of aliphatic carboxylic acids is 2. The van der Waals surface area contributed by atoms with E-state index in [9.17, 15) is 14.4 Å². The molecule has 0 aromatic rings. The minimum absolute atomic E-state index is 0.0392. The van der Waals surface area contributed by atoms with E-state index < -0.39 is 17.5 Å². The van der Waals surface area contributed by atoms with Crippen LogP contribution in [0.1, 0.15) is 69.2 Å². The van der Waals surface area contributed by atoms with Crippen LogP contribution in [0, 0.1) is 5.41 Å². The van der Waals surface area contributed by atoms with E-state index in [1.54, 1.807) is 39.8 Å². The first-order valence-corrected chi connectivity index (χ1v) is 8.51. The summed E-state index contributed by atoms with van der Waals surface area (Å²) in [5.74, 6) is -2.01. The molecule has 0 aromatic heterocycles. The van der Waals surface area contributed by atoms with Gasteiger partial charge in [0.15, 0.2) is 0 Å². The molecule has 0 heterocycles. The Balaban J connectivity index is -0.000000326. The van der Waals surface area contributed by atoms with Crippen molar-refractivity contribution in [1.82, 2.24) is 0 Å². The van der Waals surface area contributed by atoms with Crippen molar-refractivity contribution >= 4 is 17.9 Å². The zero-order valence-corrected chi connectivity index (χ0v) is 18.4. The Kier molecular flexibility index (Phi) is 14.0. The van der Waals surface area contributed by atoms with Gasteiger partial charge in [-0.15, -0.1) is 0 Å². The van der Waals surface area contributed by atoms with Crippen molar-refractivity contribution < 1.29 is 29.3 Å². The molecular formula is C21H36O6. The third-order valence-electron chi connectivity index (χ3n) is 2.50. The molecule has 0 aliphatic carbocycles. The van der Waals surface area contributed by atoms with Crippen molar-refractivity contribution in [3.05, 3.63) is 35.5 Å². The number of ether oxygens (including phenoxy) is 1. The fourth-order valence-electron chi connectivity index (χ4n) is 1.20. The van der Waals surface area contributed by atoms with E-state index in [1.165, 1.54) is 0 Å². The Labute approximate surface area is 163 Å². The van der Waals surface area contributed by atoms with E-state index >= 15 is 0 Å². The number of carboxylic acid groups (broad SMARTS) is 2. The maximum Gasteiger partial charge on any atom is 0.333 e. The Hall–Kier alpha value is -2.37. The minimum Gasteiger partial charge on any atom is -0.478 e. The minimum atomic E-state index is -0.845. The van der Waals surface area contributed by atoms with Crippen molar-refractivity contribution in [3.63, 3.8) is 0 Å². The largest absolute Gasteiger partial charge is 0.478 e. The third-order valence-corrected chi connectivity index (χ3v) is 2.50. The van der Waals surface area contributed by atoms with Crippen molar-refractivity contribution in [3.8, 4) is 0 Å². The zero-order chi connectivity index (χ0) is 22.6. The van der Waals surface area contributed by atoms with Gasteiger partial charge >= 0.3 is 17.9 Å². The molecule has 0 saturated carbocycles. The molecule has 0 aromatic carbocycles. The average molecular weight is 385 g/mol. The van der Waals surface area contributed by atoms with E-state index in [1.807, 2.05) is 41.5 Å². The molecule has 6 nitrogen and oxygen atoms in total. The number of rotatable bonds is 3. The van der Waals surface area contributed by atoms with Crippen LogP contribution in [0.15, 0.2) is 35.5 Å². The fraction of sp³-hybridized carbons (Fsp3) is 0.571. The fourth-order valence-corrected chi connectivity index (χ4v) is 1.20. The van der Waals surface area contributed by atoms with Gasteiger partial charge in [0.25, 0.3) is 0 Å². The second-order valence-corrected chi connectivity index (χ2v) is 8.06. The molecule has 0 saturated heterocycles. The first-order chi connectivity index (χ1) is 11.8. The molecule has 0 bridgehead atoms. The first-order valence-electron chi connectivity index (χ1n) is 8.51. The highest BCUT2D eigenvalue weighted by atomic mass is 16.6. The molecule has 0 atom stereocenters. The second-order valence-electron chi connectivity index (χ2n) is 8.06. The van der Waals surface area contributed by atoms with Crippen LogP contribution in [0.4, 0.5) is 0 Å². The standard InChI is InChI=1S/2C8H14O2.C5H8O2/c1-6(7(9)10)5-8(2,3)4;1-6(2)7(9)10-8(3,4)5;1-3-4(2)5(6)7/h5H,1-4H3,(H,9,10);1H2,2-5H3;3H,1-2H3,(H,6,7). The van der Waals surface area contributed by atoms with Crippen LogP contribution >= 0.6 is 0 Å². The van der Waals surface area contributed by atoms with Crippen LogP contribution in [0.5, 0.6) is 0 Å². The number of carboxylic acids is 2. The molecule has 0 unspecified atom stereocenters. The lowest BCUT2D eigenvalue weighted by Crippen LogP contribution is -2.23. The highest BCUT2D eigenvalue weighted by Gasteiger charge is 2.15. The van der Waals surface area contributed by atoms with Crippen LogP contribution in [0.3, 0.4) is 0 Å². The highest BCUT2D eigenvalue weighted by molar-refractivity contribution is 5.87. The molecule has 0 aliphatic rings. The topological polar surface area (TPSA) is 101 Å². The monoisotopic (exact) mass is 384 g/mol. The predicted molar refractivity (Wildman–Crippen MR) is 109 cm³/mol. The lowest BCUT2D eigenvalue weighted by Gasteiger charge is -2.19. The summed E-state index contributed by atoms with van der Waals surface area (Å²) in [6.07, 6.45) is 3.30.